The van der Waals surface area contributed by atoms with Crippen LogP contribution in [0.3, 0.4) is 0 Å². The van der Waals surface area contributed by atoms with E-state index in [0.717, 1.165) is 17.7 Å². The Morgan fingerprint density at radius 1 is 1.20 bits per heavy atom. The van der Waals surface area contributed by atoms with Crippen molar-refractivity contribution in [3.8, 4) is 5.75 Å². The summed E-state index contributed by atoms with van der Waals surface area (Å²) in [6.45, 7) is 6.90. The Kier molecular flexibility index (Phi) is 8.22. The van der Waals surface area contributed by atoms with Gasteiger partial charge in [-0.15, -0.1) is 0 Å². The minimum Gasteiger partial charge on any atom is -0.492 e. The highest BCUT2D eigenvalue weighted by atomic mass is 16.5. The quantitative estimate of drug-likeness (QED) is 0.681. The van der Waals surface area contributed by atoms with E-state index < -0.39 is 0 Å². The number of rotatable bonds is 9. The molecular weight excluding hydrogens is 256 g/mol. The molecule has 0 aliphatic rings. The van der Waals surface area contributed by atoms with Crippen LogP contribution in [0.4, 0.5) is 4.79 Å². The topological polar surface area (TPSA) is 59.6 Å². The normalized spacial score (nSPS) is 10.1. The number of urea groups is 1. The van der Waals surface area contributed by atoms with E-state index >= 15 is 0 Å². The van der Waals surface area contributed by atoms with E-state index in [1.54, 1.807) is 0 Å². The molecule has 1 rings (SSSR count). The van der Waals surface area contributed by atoms with Gasteiger partial charge >= 0.3 is 6.03 Å². The third kappa shape index (κ3) is 7.63. The fraction of sp³-hybridized carbons (Fsp3) is 0.533. The number of benzene rings is 1. The highest BCUT2D eigenvalue weighted by molar-refractivity contribution is 5.73. The van der Waals surface area contributed by atoms with Gasteiger partial charge in [-0.3, -0.25) is 0 Å². The first kappa shape index (κ1) is 16.3. The molecule has 0 spiro atoms. The molecule has 0 heterocycles. The van der Waals surface area contributed by atoms with Crippen molar-refractivity contribution in [1.29, 1.82) is 0 Å². The van der Waals surface area contributed by atoms with Crippen LogP contribution in [0.1, 0.15) is 18.9 Å². The molecule has 5 heteroatoms. The van der Waals surface area contributed by atoms with Gasteiger partial charge in [-0.25, -0.2) is 4.79 Å². The van der Waals surface area contributed by atoms with E-state index in [0.29, 0.717) is 32.9 Å². The predicted octanol–water partition coefficient (Wildman–Crippen LogP) is 2.10. The van der Waals surface area contributed by atoms with Gasteiger partial charge in [0.1, 0.15) is 12.4 Å². The van der Waals surface area contributed by atoms with Gasteiger partial charge in [0.15, 0.2) is 0 Å². The Morgan fingerprint density at radius 2 is 2.00 bits per heavy atom. The van der Waals surface area contributed by atoms with Crippen LogP contribution in [0.25, 0.3) is 0 Å². The van der Waals surface area contributed by atoms with Crippen LogP contribution >= 0.6 is 0 Å². The monoisotopic (exact) mass is 280 g/mol. The van der Waals surface area contributed by atoms with Gasteiger partial charge in [-0.1, -0.05) is 12.1 Å². The summed E-state index contributed by atoms with van der Waals surface area (Å²) in [5, 5.41) is 5.51. The van der Waals surface area contributed by atoms with Crippen LogP contribution < -0.4 is 15.4 Å². The molecule has 0 radical (unpaired) electrons. The first-order chi connectivity index (χ1) is 9.72. The van der Waals surface area contributed by atoms with Crippen LogP contribution in [0.2, 0.25) is 0 Å². The SMILES string of the molecule is CCOCCCNC(=O)NCCOc1cccc(C)c1. The van der Waals surface area contributed by atoms with Crippen molar-refractivity contribution >= 4 is 6.03 Å². The predicted molar refractivity (Wildman–Crippen MR) is 79.2 cm³/mol. The Labute approximate surface area is 120 Å². The molecule has 0 fully saturated rings. The molecule has 0 atom stereocenters. The standard InChI is InChI=1S/C15H24N2O3/c1-3-19-10-5-8-16-15(18)17-9-11-20-14-7-4-6-13(2)12-14/h4,6-7,12H,3,5,8-11H2,1-2H3,(H2,16,17,18). The average Bonchev–Trinajstić information content (AvgIpc) is 2.43. The zero-order valence-corrected chi connectivity index (χ0v) is 12.3. The van der Waals surface area contributed by atoms with Crippen molar-refractivity contribution in [2.45, 2.75) is 20.3 Å². The van der Waals surface area contributed by atoms with Gasteiger partial charge < -0.3 is 20.1 Å². The maximum atomic E-state index is 11.4. The molecule has 0 bridgehead atoms. The molecule has 2 N–H and O–H groups in total. The van der Waals surface area contributed by atoms with Crippen molar-refractivity contribution in [3.63, 3.8) is 0 Å². The Bertz CT molecular complexity index is 396. The summed E-state index contributed by atoms with van der Waals surface area (Å²) in [6, 6.07) is 7.66. The molecule has 1 aromatic carbocycles. The molecule has 0 saturated heterocycles. The molecule has 0 unspecified atom stereocenters. The first-order valence-corrected chi connectivity index (χ1v) is 7.01. The second kappa shape index (κ2) is 10.1. The molecule has 112 valence electrons. The van der Waals surface area contributed by atoms with Crippen LogP contribution in [0.15, 0.2) is 24.3 Å². The molecule has 0 aromatic heterocycles. The van der Waals surface area contributed by atoms with E-state index in [1.807, 2.05) is 38.1 Å². The number of ether oxygens (including phenoxy) is 2. The summed E-state index contributed by atoms with van der Waals surface area (Å²) in [6.07, 6.45) is 0.820. The minimum atomic E-state index is -0.172. The Hall–Kier alpha value is -1.75. The fourth-order valence-corrected chi connectivity index (χ4v) is 1.62. The van der Waals surface area contributed by atoms with E-state index in [4.69, 9.17) is 9.47 Å². The van der Waals surface area contributed by atoms with Crippen LogP contribution in [-0.4, -0.2) is 38.9 Å². The number of carbonyl (C=O) groups excluding carboxylic acids is 1. The summed E-state index contributed by atoms with van der Waals surface area (Å²) in [5.74, 6) is 0.823. The maximum Gasteiger partial charge on any atom is 0.314 e. The maximum absolute atomic E-state index is 11.4. The Morgan fingerprint density at radius 3 is 2.75 bits per heavy atom. The number of hydrogen-bond acceptors (Lipinski definition) is 3. The first-order valence-electron chi connectivity index (χ1n) is 7.01. The minimum absolute atomic E-state index is 0.172. The molecule has 5 nitrogen and oxygen atoms in total. The van der Waals surface area contributed by atoms with E-state index in [-0.39, 0.29) is 6.03 Å². The van der Waals surface area contributed by atoms with Crippen LogP contribution in [0.5, 0.6) is 5.75 Å². The van der Waals surface area contributed by atoms with Gasteiger partial charge in [-0.2, -0.15) is 0 Å². The van der Waals surface area contributed by atoms with Crippen molar-refractivity contribution in [3.05, 3.63) is 29.8 Å². The number of hydrogen-bond donors (Lipinski definition) is 2. The number of aryl methyl sites for hydroxylation is 1. The lowest BCUT2D eigenvalue weighted by atomic mass is 10.2. The summed E-state index contributed by atoms with van der Waals surface area (Å²) in [4.78, 5) is 11.4. The zero-order valence-electron chi connectivity index (χ0n) is 12.3. The van der Waals surface area contributed by atoms with Gasteiger partial charge in [0.05, 0.1) is 6.54 Å². The van der Waals surface area contributed by atoms with Gasteiger partial charge in [0, 0.05) is 19.8 Å². The lowest BCUT2D eigenvalue weighted by Gasteiger charge is -2.09. The summed E-state index contributed by atoms with van der Waals surface area (Å²) >= 11 is 0. The third-order valence-electron chi connectivity index (χ3n) is 2.60. The van der Waals surface area contributed by atoms with E-state index in [2.05, 4.69) is 10.6 Å². The Balaban J connectivity index is 2.02. The highest BCUT2D eigenvalue weighted by Gasteiger charge is 1.99. The summed E-state index contributed by atoms with van der Waals surface area (Å²) in [5.41, 5.74) is 1.16. The molecule has 2 amide bonds. The summed E-state index contributed by atoms with van der Waals surface area (Å²) in [7, 11) is 0. The van der Waals surface area contributed by atoms with E-state index in [9.17, 15) is 4.79 Å². The molecule has 0 saturated carbocycles. The summed E-state index contributed by atoms with van der Waals surface area (Å²) < 4.78 is 10.7. The molecular formula is C15H24N2O3. The molecule has 0 aliphatic heterocycles. The second-order valence-corrected chi connectivity index (χ2v) is 4.40. The van der Waals surface area contributed by atoms with Gasteiger partial charge in [0.25, 0.3) is 0 Å². The number of carbonyl (C=O) groups is 1. The zero-order chi connectivity index (χ0) is 14.6. The lowest BCUT2D eigenvalue weighted by molar-refractivity contribution is 0.145. The number of nitrogens with one attached hydrogen (secondary N) is 2. The smallest absolute Gasteiger partial charge is 0.314 e. The number of amides is 2. The molecule has 1 aromatic rings. The van der Waals surface area contributed by atoms with Crippen molar-refractivity contribution in [2.75, 3.05) is 32.9 Å². The van der Waals surface area contributed by atoms with Crippen LogP contribution in [0, 0.1) is 6.92 Å². The molecule has 0 aliphatic carbocycles. The highest BCUT2D eigenvalue weighted by Crippen LogP contribution is 2.11. The van der Waals surface area contributed by atoms with Gasteiger partial charge in [0.2, 0.25) is 0 Å². The van der Waals surface area contributed by atoms with Crippen LogP contribution in [-0.2, 0) is 4.74 Å². The second-order valence-electron chi connectivity index (χ2n) is 4.40. The largest absolute Gasteiger partial charge is 0.492 e. The van der Waals surface area contributed by atoms with Crippen molar-refractivity contribution in [1.82, 2.24) is 10.6 Å². The van der Waals surface area contributed by atoms with Gasteiger partial charge in [-0.05, 0) is 38.0 Å². The van der Waals surface area contributed by atoms with E-state index in [1.165, 1.54) is 0 Å². The van der Waals surface area contributed by atoms with Crippen molar-refractivity contribution in [2.24, 2.45) is 0 Å². The molecule has 20 heavy (non-hydrogen) atoms. The lowest BCUT2D eigenvalue weighted by Crippen LogP contribution is -2.38. The third-order valence-corrected chi connectivity index (χ3v) is 2.60. The average molecular weight is 280 g/mol. The fourth-order valence-electron chi connectivity index (χ4n) is 1.62. The van der Waals surface area contributed by atoms with Crippen molar-refractivity contribution < 1.29 is 14.3 Å².